The summed E-state index contributed by atoms with van der Waals surface area (Å²) in [6.07, 6.45) is 0.820. The Bertz CT molecular complexity index is 813. The van der Waals surface area contributed by atoms with E-state index in [0.29, 0.717) is 16.7 Å². The summed E-state index contributed by atoms with van der Waals surface area (Å²) in [5.74, 6) is -1.13. The van der Waals surface area contributed by atoms with Gasteiger partial charge in [0.1, 0.15) is 0 Å². The van der Waals surface area contributed by atoms with E-state index in [0.717, 1.165) is 4.90 Å². The molecule has 0 radical (unpaired) electrons. The van der Waals surface area contributed by atoms with Crippen LogP contribution < -0.4 is 10.6 Å². The van der Waals surface area contributed by atoms with E-state index in [1.807, 2.05) is 33.8 Å². The zero-order chi connectivity index (χ0) is 20.0. The number of imide groups is 1. The van der Waals surface area contributed by atoms with Gasteiger partial charge in [0.15, 0.2) is 0 Å². The third kappa shape index (κ3) is 4.11. The molecule has 0 aromatic heterocycles. The lowest BCUT2D eigenvalue weighted by molar-refractivity contribution is -0.118. The van der Waals surface area contributed by atoms with Gasteiger partial charge in [-0.3, -0.25) is 24.6 Å². The van der Waals surface area contributed by atoms with Gasteiger partial charge in [0.05, 0.1) is 23.8 Å². The monoisotopic (exact) mass is 407 g/mol. The smallest absolute Gasteiger partial charge is 0.261 e. The number of nitrogens with one attached hydrogen (secondary N) is 2. The van der Waals surface area contributed by atoms with Gasteiger partial charge in [0.25, 0.3) is 11.8 Å². The number of aliphatic hydroxyl groups is 1. The number of halogens is 1. The van der Waals surface area contributed by atoms with Crippen LogP contribution in [0.25, 0.3) is 0 Å². The average Bonchev–Trinajstić information content (AvgIpc) is 2.96. The van der Waals surface area contributed by atoms with Gasteiger partial charge in [-0.05, 0) is 39.8 Å². The minimum Gasteiger partial charge on any atom is -0.389 e. The summed E-state index contributed by atoms with van der Waals surface area (Å²) in [6, 6.07) is 6.56. The van der Waals surface area contributed by atoms with Crippen LogP contribution >= 0.6 is 12.4 Å². The van der Waals surface area contributed by atoms with Crippen LogP contribution in [-0.4, -0.2) is 58.0 Å². The molecule has 2 aliphatic heterocycles. The van der Waals surface area contributed by atoms with Crippen LogP contribution in [0.4, 0.5) is 0 Å². The molecule has 8 heteroatoms. The highest BCUT2D eigenvalue weighted by Crippen LogP contribution is 2.29. The van der Waals surface area contributed by atoms with Crippen molar-refractivity contribution >= 4 is 30.1 Å². The number of rotatable bonds is 5. The number of hydrogen-bond acceptors (Lipinski definition) is 5. The van der Waals surface area contributed by atoms with E-state index in [4.69, 9.17) is 0 Å². The largest absolute Gasteiger partial charge is 0.389 e. The molecule has 0 saturated heterocycles. The Morgan fingerprint density at radius 2 is 1.68 bits per heavy atom. The van der Waals surface area contributed by atoms with Crippen molar-refractivity contribution in [3.8, 4) is 0 Å². The highest BCUT2D eigenvalue weighted by Gasteiger charge is 2.40. The zero-order valence-electron chi connectivity index (χ0n) is 16.4. The maximum atomic E-state index is 12.5. The molecule has 1 aromatic rings. The highest BCUT2D eigenvalue weighted by atomic mass is 35.5. The SMILES string of the molecule is CC1(C)C=C(C(=O)NCC(O)CN2C(=O)c3ccccc3C2=O)C(C)(C)N1.Cl. The number of carbonyl (C=O) groups excluding carboxylic acids is 3. The van der Waals surface area contributed by atoms with Crippen LogP contribution in [0.15, 0.2) is 35.9 Å². The molecule has 2 heterocycles. The number of fused-ring (bicyclic) bond motifs is 1. The number of hydrogen-bond donors (Lipinski definition) is 3. The van der Waals surface area contributed by atoms with Crippen molar-refractivity contribution in [3.63, 3.8) is 0 Å². The van der Waals surface area contributed by atoms with Gasteiger partial charge in [-0.1, -0.05) is 18.2 Å². The molecule has 0 aliphatic carbocycles. The second kappa shape index (κ2) is 7.66. The topological polar surface area (TPSA) is 98.7 Å². The predicted molar refractivity (Wildman–Crippen MR) is 107 cm³/mol. The van der Waals surface area contributed by atoms with Gasteiger partial charge < -0.3 is 10.4 Å². The van der Waals surface area contributed by atoms with Crippen molar-refractivity contribution in [2.45, 2.75) is 44.9 Å². The summed E-state index contributed by atoms with van der Waals surface area (Å²) in [5.41, 5.74) is 0.492. The zero-order valence-corrected chi connectivity index (χ0v) is 17.2. The highest BCUT2D eigenvalue weighted by molar-refractivity contribution is 6.21. The van der Waals surface area contributed by atoms with Crippen LogP contribution in [0.1, 0.15) is 48.4 Å². The van der Waals surface area contributed by atoms with Crippen molar-refractivity contribution in [1.82, 2.24) is 15.5 Å². The fourth-order valence-electron chi connectivity index (χ4n) is 3.79. The number of carbonyl (C=O) groups is 3. The van der Waals surface area contributed by atoms with Crippen molar-refractivity contribution in [1.29, 1.82) is 0 Å². The second-order valence-electron chi connectivity index (χ2n) is 8.16. The molecule has 0 spiro atoms. The normalized spacial score (nSPS) is 20.3. The first-order chi connectivity index (χ1) is 12.5. The van der Waals surface area contributed by atoms with E-state index in [1.54, 1.807) is 24.3 Å². The van der Waals surface area contributed by atoms with Crippen LogP contribution in [0, 0.1) is 0 Å². The van der Waals surface area contributed by atoms with Gasteiger partial charge in [0, 0.05) is 23.2 Å². The van der Waals surface area contributed by atoms with Crippen LogP contribution in [0.2, 0.25) is 0 Å². The van der Waals surface area contributed by atoms with E-state index in [9.17, 15) is 19.5 Å². The summed E-state index contributed by atoms with van der Waals surface area (Å²) >= 11 is 0. The Labute approximate surface area is 170 Å². The number of amides is 3. The van der Waals surface area contributed by atoms with Gasteiger partial charge in [-0.15, -0.1) is 12.4 Å². The lowest BCUT2D eigenvalue weighted by Gasteiger charge is -2.27. The van der Waals surface area contributed by atoms with Crippen LogP contribution in [-0.2, 0) is 4.79 Å². The molecular weight excluding hydrogens is 382 g/mol. The van der Waals surface area contributed by atoms with Gasteiger partial charge >= 0.3 is 0 Å². The quantitative estimate of drug-likeness (QED) is 0.638. The molecule has 1 aromatic carbocycles. The van der Waals surface area contributed by atoms with Crippen LogP contribution in [0.5, 0.6) is 0 Å². The molecule has 152 valence electrons. The first kappa shape index (κ1) is 22.1. The van der Waals surface area contributed by atoms with E-state index >= 15 is 0 Å². The third-order valence-corrected chi connectivity index (χ3v) is 4.83. The molecule has 0 bridgehead atoms. The Kier molecular flexibility index (Phi) is 6.04. The molecular formula is C20H26ClN3O4. The van der Waals surface area contributed by atoms with Crippen molar-refractivity contribution in [2.24, 2.45) is 0 Å². The number of nitrogens with zero attached hydrogens (tertiary/aromatic N) is 1. The second-order valence-corrected chi connectivity index (χ2v) is 8.16. The minimum absolute atomic E-state index is 0. The average molecular weight is 408 g/mol. The molecule has 0 fully saturated rings. The third-order valence-electron chi connectivity index (χ3n) is 4.83. The molecule has 1 unspecified atom stereocenters. The van der Waals surface area contributed by atoms with E-state index < -0.39 is 23.5 Å². The van der Waals surface area contributed by atoms with Crippen molar-refractivity contribution in [3.05, 3.63) is 47.0 Å². The standard InChI is InChI=1S/C20H25N3O4.ClH/c1-19(2)9-15(20(3,4)22-19)16(25)21-10-12(24)11-23-17(26)13-7-5-6-8-14(13)18(23)27;/h5-9,12,22,24H,10-11H2,1-4H3,(H,21,25);1H. The number of benzene rings is 1. The fourth-order valence-corrected chi connectivity index (χ4v) is 3.79. The Morgan fingerprint density at radius 1 is 1.14 bits per heavy atom. The van der Waals surface area contributed by atoms with Crippen molar-refractivity contribution in [2.75, 3.05) is 13.1 Å². The first-order valence-electron chi connectivity index (χ1n) is 8.96. The van der Waals surface area contributed by atoms with E-state index in [1.165, 1.54) is 0 Å². The Balaban J connectivity index is 0.00000280. The Hall–Kier alpha value is -2.22. The lowest BCUT2D eigenvalue weighted by Crippen LogP contribution is -2.48. The molecule has 28 heavy (non-hydrogen) atoms. The molecule has 3 amide bonds. The summed E-state index contributed by atoms with van der Waals surface area (Å²) in [6.45, 7) is 7.57. The maximum Gasteiger partial charge on any atom is 0.261 e. The van der Waals surface area contributed by atoms with Crippen molar-refractivity contribution < 1.29 is 19.5 Å². The maximum absolute atomic E-state index is 12.5. The summed E-state index contributed by atoms with van der Waals surface area (Å²) < 4.78 is 0. The molecule has 2 aliphatic rings. The fraction of sp³-hybridized carbons (Fsp3) is 0.450. The van der Waals surface area contributed by atoms with Gasteiger partial charge in [-0.2, -0.15) is 0 Å². The molecule has 1 atom stereocenters. The summed E-state index contributed by atoms with van der Waals surface area (Å²) in [7, 11) is 0. The Morgan fingerprint density at radius 3 is 2.14 bits per heavy atom. The lowest BCUT2D eigenvalue weighted by atomic mass is 9.96. The first-order valence-corrected chi connectivity index (χ1v) is 8.96. The van der Waals surface area contributed by atoms with Crippen LogP contribution in [0.3, 0.4) is 0 Å². The number of β-amino-alcohol motifs (C(OH)–C–C–N with tert-alkyl or cyclic N) is 1. The summed E-state index contributed by atoms with van der Waals surface area (Å²) in [4.78, 5) is 38.2. The number of aliphatic hydroxyl groups excluding tert-OH is 1. The van der Waals surface area contributed by atoms with Gasteiger partial charge in [-0.25, -0.2) is 0 Å². The molecule has 3 N–H and O–H groups in total. The van der Waals surface area contributed by atoms with E-state index in [-0.39, 0.29) is 36.9 Å². The van der Waals surface area contributed by atoms with Gasteiger partial charge in [0.2, 0.25) is 5.91 Å². The minimum atomic E-state index is -1.05. The predicted octanol–water partition coefficient (Wildman–Crippen LogP) is 1.27. The summed E-state index contributed by atoms with van der Waals surface area (Å²) in [5, 5.41) is 16.3. The molecule has 0 saturated carbocycles. The molecule has 3 rings (SSSR count). The van der Waals surface area contributed by atoms with E-state index in [2.05, 4.69) is 10.6 Å². The molecule has 7 nitrogen and oxygen atoms in total.